The lowest BCUT2D eigenvalue weighted by atomic mass is 10.0. The number of nitrogens with zero attached hydrogens (tertiary/aromatic N) is 2. The van der Waals surface area contributed by atoms with Crippen molar-refractivity contribution < 1.29 is 9.90 Å². The van der Waals surface area contributed by atoms with E-state index in [0.29, 0.717) is 6.54 Å². The molecule has 1 aromatic rings. The van der Waals surface area contributed by atoms with Crippen LogP contribution in [0.15, 0.2) is 6.33 Å². The van der Waals surface area contributed by atoms with E-state index < -0.39 is 11.5 Å². The molecule has 15 heavy (non-hydrogen) atoms. The highest BCUT2D eigenvalue weighted by Crippen LogP contribution is 2.11. The third-order valence-corrected chi connectivity index (χ3v) is 2.86. The van der Waals surface area contributed by atoms with Gasteiger partial charge in [0.2, 0.25) is 0 Å². The maximum atomic E-state index is 11.1. The van der Waals surface area contributed by atoms with Crippen molar-refractivity contribution in [3.05, 3.63) is 17.7 Å². The Bertz CT molecular complexity index is 373. The highest BCUT2D eigenvalue weighted by atomic mass is 16.4. The van der Waals surface area contributed by atoms with E-state index in [1.165, 1.54) is 0 Å². The molecular formula is C10H17N3O2. The summed E-state index contributed by atoms with van der Waals surface area (Å²) in [7, 11) is 1.65. The molecule has 1 atom stereocenters. The molecule has 0 radical (unpaired) electrons. The molecule has 0 bridgehead atoms. The molecule has 0 fully saturated rings. The minimum atomic E-state index is -0.960. The number of aromatic nitrogens is 2. The Morgan fingerprint density at radius 3 is 2.60 bits per heavy atom. The summed E-state index contributed by atoms with van der Waals surface area (Å²) in [5.41, 5.74) is 0.967. The fourth-order valence-electron chi connectivity index (χ4n) is 1.30. The third kappa shape index (κ3) is 2.18. The van der Waals surface area contributed by atoms with Gasteiger partial charge in [0.15, 0.2) is 0 Å². The first kappa shape index (κ1) is 11.7. The van der Waals surface area contributed by atoms with Crippen molar-refractivity contribution in [1.29, 1.82) is 0 Å². The first-order valence-corrected chi connectivity index (χ1v) is 4.81. The zero-order chi connectivity index (χ0) is 11.6. The van der Waals surface area contributed by atoms with Gasteiger partial charge >= 0.3 is 5.97 Å². The topological polar surface area (TPSA) is 67.2 Å². The minimum Gasteiger partial charge on any atom is -0.480 e. The fraction of sp³-hybridized carbons (Fsp3) is 0.600. The number of aryl methyl sites for hydroxylation is 1. The zero-order valence-corrected chi connectivity index (χ0v) is 9.53. The SMILES string of the molecule is CNC(C)(Cn1cnc(C)c1C)C(=O)O. The van der Waals surface area contributed by atoms with E-state index in [4.69, 9.17) is 5.11 Å². The van der Waals surface area contributed by atoms with E-state index in [1.54, 1.807) is 20.3 Å². The molecule has 1 rings (SSSR count). The van der Waals surface area contributed by atoms with E-state index in [2.05, 4.69) is 10.3 Å². The molecule has 0 saturated heterocycles. The van der Waals surface area contributed by atoms with E-state index in [-0.39, 0.29) is 0 Å². The van der Waals surface area contributed by atoms with E-state index in [0.717, 1.165) is 11.4 Å². The van der Waals surface area contributed by atoms with Gasteiger partial charge in [-0.05, 0) is 27.8 Å². The number of likely N-dealkylation sites (N-methyl/N-ethyl adjacent to an activating group) is 1. The standard InChI is InChI=1S/C10H17N3O2/c1-7-8(2)13(6-12-7)5-10(3,11-4)9(14)15/h6,11H,5H2,1-4H3,(H,14,15). The molecule has 5 nitrogen and oxygen atoms in total. The van der Waals surface area contributed by atoms with Gasteiger partial charge in [0.05, 0.1) is 18.6 Å². The zero-order valence-electron chi connectivity index (χ0n) is 9.53. The van der Waals surface area contributed by atoms with Crippen molar-refractivity contribution in [2.45, 2.75) is 32.9 Å². The molecule has 0 aromatic carbocycles. The second kappa shape index (κ2) is 4.02. The largest absolute Gasteiger partial charge is 0.480 e. The smallest absolute Gasteiger partial charge is 0.325 e. The van der Waals surface area contributed by atoms with Gasteiger partial charge in [0.25, 0.3) is 0 Å². The van der Waals surface area contributed by atoms with E-state index in [1.807, 2.05) is 18.4 Å². The Labute approximate surface area is 89.1 Å². The number of nitrogens with one attached hydrogen (secondary N) is 1. The molecule has 1 aromatic heterocycles. The summed E-state index contributed by atoms with van der Waals surface area (Å²) in [5.74, 6) is -0.865. The molecule has 1 heterocycles. The van der Waals surface area contributed by atoms with Crippen molar-refractivity contribution in [2.75, 3.05) is 7.05 Å². The number of rotatable bonds is 4. The first-order valence-electron chi connectivity index (χ1n) is 4.81. The molecule has 5 heteroatoms. The lowest BCUT2D eigenvalue weighted by Gasteiger charge is -2.25. The van der Waals surface area contributed by atoms with Gasteiger partial charge in [0, 0.05) is 5.69 Å². The van der Waals surface area contributed by atoms with Crippen molar-refractivity contribution in [2.24, 2.45) is 0 Å². The van der Waals surface area contributed by atoms with Crippen molar-refractivity contribution in [3.8, 4) is 0 Å². The predicted octanol–water partition coefficient (Wildman–Crippen LogP) is 0.563. The number of carboxylic acids is 1. The average molecular weight is 211 g/mol. The van der Waals surface area contributed by atoms with Crippen LogP contribution in [0.1, 0.15) is 18.3 Å². The second-order valence-corrected chi connectivity index (χ2v) is 3.93. The van der Waals surface area contributed by atoms with E-state index >= 15 is 0 Å². The summed E-state index contributed by atoms with van der Waals surface area (Å²) in [6, 6.07) is 0. The summed E-state index contributed by atoms with van der Waals surface area (Å²) >= 11 is 0. The number of carbonyl (C=O) groups is 1. The lowest BCUT2D eigenvalue weighted by molar-refractivity contribution is -0.144. The van der Waals surface area contributed by atoms with Crippen molar-refractivity contribution in [3.63, 3.8) is 0 Å². The summed E-state index contributed by atoms with van der Waals surface area (Å²) in [5, 5.41) is 11.9. The molecule has 0 aliphatic carbocycles. The minimum absolute atomic E-state index is 0.367. The summed E-state index contributed by atoms with van der Waals surface area (Å²) < 4.78 is 1.85. The number of carboxylic acid groups (broad SMARTS) is 1. The quantitative estimate of drug-likeness (QED) is 0.763. The van der Waals surface area contributed by atoms with Gasteiger partial charge in [-0.25, -0.2) is 4.98 Å². The molecule has 1 unspecified atom stereocenters. The lowest BCUT2D eigenvalue weighted by Crippen LogP contribution is -2.50. The van der Waals surface area contributed by atoms with Crippen LogP contribution >= 0.6 is 0 Å². The van der Waals surface area contributed by atoms with Gasteiger partial charge in [-0.1, -0.05) is 0 Å². The molecule has 0 aliphatic heterocycles. The van der Waals surface area contributed by atoms with Gasteiger partial charge in [-0.2, -0.15) is 0 Å². The molecular weight excluding hydrogens is 194 g/mol. The van der Waals surface area contributed by atoms with Crippen LogP contribution in [0.25, 0.3) is 0 Å². The number of aliphatic carboxylic acids is 1. The van der Waals surface area contributed by atoms with Crippen LogP contribution in [0.2, 0.25) is 0 Å². The Morgan fingerprint density at radius 2 is 2.27 bits per heavy atom. The predicted molar refractivity (Wildman–Crippen MR) is 56.8 cm³/mol. The molecule has 0 saturated carbocycles. The van der Waals surface area contributed by atoms with Crippen LogP contribution in [-0.2, 0) is 11.3 Å². The van der Waals surface area contributed by atoms with Crippen LogP contribution < -0.4 is 5.32 Å². The maximum absolute atomic E-state index is 11.1. The molecule has 84 valence electrons. The summed E-state index contributed by atoms with van der Waals surface area (Å²) in [6.07, 6.45) is 1.67. The number of hydrogen-bond acceptors (Lipinski definition) is 3. The Hall–Kier alpha value is -1.36. The van der Waals surface area contributed by atoms with Gasteiger partial charge in [-0.3, -0.25) is 4.79 Å². The fourth-order valence-corrected chi connectivity index (χ4v) is 1.30. The van der Waals surface area contributed by atoms with Crippen LogP contribution in [0.5, 0.6) is 0 Å². The van der Waals surface area contributed by atoms with Crippen LogP contribution in [0, 0.1) is 13.8 Å². The van der Waals surface area contributed by atoms with Gasteiger partial charge in [-0.15, -0.1) is 0 Å². The Kier molecular flexibility index (Phi) is 3.14. The molecule has 0 aliphatic rings. The first-order chi connectivity index (χ1) is 6.90. The van der Waals surface area contributed by atoms with Crippen LogP contribution in [-0.4, -0.2) is 33.2 Å². The molecule has 2 N–H and O–H groups in total. The number of imidazole rings is 1. The maximum Gasteiger partial charge on any atom is 0.325 e. The van der Waals surface area contributed by atoms with E-state index in [9.17, 15) is 4.79 Å². The van der Waals surface area contributed by atoms with Crippen molar-refractivity contribution >= 4 is 5.97 Å². The van der Waals surface area contributed by atoms with Crippen LogP contribution in [0.4, 0.5) is 0 Å². The second-order valence-electron chi connectivity index (χ2n) is 3.93. The monoisotopic (exact) mass is 211 g/mol. The van der Waals surface area contributed by atoms with Gasteiger partial charge < -0.3 is 15.0 Å². The van der Waals surface area contributed by atoms with Gasteiger partial charge in [0.1, 0.15) is 5.54 Å². The molecule has 0 spiro atoms. The highest BCUT2D eigenvalue weighted by molar-refractivity contribution is 5.78. The number of hydrogen-bond donors (Lipinski definition) is 2. The Balaban J connectivity index is 2.94. The molecule has 0 amide bonds. The third-order valence-electron chi connectivity index (χ3n) is 2.86. The Morgan fingerprint density at radius 1 is 1.67 bits per heavy atom. The summed E-state index contributed by atoms with van der Waals surface area (Å²) in [6.45, 7) is 5.86. The van der Waals surface area contributed by atoms with Crippen molar-refractivity contribution in [1.82, 2.24) is 14.9 Å². The average Bonchev–Trinajstić information content (AvgIpc) is 2.49. The highest BCUT2D eigenvalue weighted by Gasteiger charge is 2.32. The normalized spacial score (nSPS) is 14.9. The summed E-state index contributed by atoms with van der Waals surface area (Å²) in [4.78, 5) is 15.2. The van der Waals surface area contributed by atoms with Crippen LogP contribution in [0.3, 0.4) is 0 Å².